The van der Waals surface area contributed by atoms with Gasteiger partial charge in [0.2, 0.25) is 5.91 Å². The van der Waals surface area contributed by atoms with Crippen LogP contribution in [0.1, 0.15) is 20.3 Å². The minimum atomic E-state index is -3.56. The molecular weight excluding hydrogens is 248 g/mol. The van der Waals surface area contributed by atoms with Gasteiger partial charge in [-0.2, -0.15) is 0 Å². The van der Waals surface area contributed by atoms with Crippen molar-refractivity contribution in [2.75, 3.05) is 0 Å². The van der Waals surface area contributed by atoms with Crippen LogP contribution >= 0.6 is 11.3 Å². The minimum Gasteiger partial charge on any atom is -0.370 e. The molecule has 0 fully saturated rings. The summed E-state index contributed by atoms with van der Waals surface area (Å²) in [5, 5.41) is 1.68. The number of thiophene rings is 1. The Kier molecular flexibility index (Phi) is 3.72. The molecular formula is C9H14N2O3S2. The summed E-state index contributed by atoms with van der Waals surface area (Å²) in [7, 11) is -3.56. The summed E-state index contributed by atoms with van der Waals surface area (Å²) >= 11 is 1.12. The molecule has 0 unspecified atom stereocenters. The number of carbonyl (C=O) groups is 1. The highest BCUT2D eigenvalue weighted by atomic mass is 32.2. The van der Waals surface area contributed by atoms with E-state index >= 15 is 0 Å². The Balaban J connectivity index is 2.85. The number of amides is 1. The monoisotopic (exact) mass is 262 g/mol. The Morgan fingerprint density at radius 3 is 2.62 bits per heavy atom. The number of primary amides is 1. The maximum Gasteiger partial charge on any atom is 0.250 e. The maximum absolute atomic E-state index is 11.8. The fourth-order valence-electron chi connectivity index (χ4n) is 1.30. The van der Waals surface area contributed by atoms with Crippen LogP contribution in [0.5, 0.6) is 0 Å². The Labute approximate surface area is 98.7 Å². The zero-order chi connectivity index (χ0) is 12.4. The van der Waals surface area contributed by atoms with E-state index in [0.717, 1.165) is 11.3 Å². The van der Waals surface area contributed by atoms with Crippen LogP contribution in [-0.2, 0) is 14.8 Å². The zero-order valence-corrected chi connectivity index (χ0v) is 10.7. The molecule has 0 saturated heterocycles. The van der Waals surface area contributed by atoms with Gasteiger partial charge in [0, 0.05) is 12.0 Å². The second-order valence-corrected chi connectivity index (χ2v) is 6.92. The van der Waals surface area contributed by atoms with Gasteiger partial charge in [0.15, 0.2) is 0 Å². The Morgan fingerprint density at radius 2 is 2.19 bits per heavy atom. The van der Waals surface area contributed by atoms with Gasteiger partial charge in [-0.05, 0) is 25.3 Å². The molecule has 5 nitrogen and oxygen atoms in total. The Morgan fingerprint density at radius 1 is 1.56 bits per heavy atom. The number of nitrogens with one attached hydrogen (secondary N) is 1. The summed E-state index contributed by atoms with van der Waals surface area (Å²) in [6.07, 6.45) is -0.0440. The van der Waals surface area contributed by atoms with E-state index in [2.05, 4.69) is 4.72 Å². The summed E-state index contributed by atoms with van der Waals surface area (Å²) in [6.45, 7) is 3.23. The maximum atomic E-state index is 11.8. The number of hydrogen-bond acceptors (Lipinski definition) is 4. The van der Waals surface area contributed by atoms with E-state index in [1.807, 2.05) is 0 Å². The molecule has 0 aliphatic rings. The number of hydrogen-bond donors (Lipinski definition) is 2. The van der Waals surface area contributed by atoms with E-state index in [-0.39, 0.29) is 10.6 Å². The molecule has 0 bridgehead atoms. The molecule has 0 aliphatic heterocycles. The molecule has 1 aromatic rings. The molecule has 0 radical (unpaired) electrons. The van der Waals surface area contributed by atoms with Gasteiger partial charge in [0.1, 0.15) is 4.21 Å². The van der Waals surface area contributed by atoms with Crippen molar-refractivity contribution in [1.29, 1.82) is 0 Å². The summed E-state index contributed by atoms with van der Waals surface area (Å²) in [6, 6.07) is 3.16. The summed E-state index contributed by atoms with van der Waals surface area (Å²) in [5.74, 6) is -0.543. The molecule has 1 heterocycles. The number of rotatable bonds is 5. The summed E-state index contributed by atoms with van der Waals surface area (Å²) in [4.78, 5) is 10.8. The first kappa shape index (κ1) is 13.1. The van der Waals surface area contributed by atoms with Crippen LogP contribution in [0.2, 0.25) is 0 Å². The number of sulfonamides is 1. The fraction of sp³-hybridized carbons (Fsp3) is 0.444. The highest BCUT2D eigenvalue weighted by molar-refractivity contribution is 7.91. The Hall–Kier alpha value is -0.920. The second-order valence-electron chi connectivity index (χ2n) is 4.06. The number of carbonyl (C=O) groups excluding carboxylic acids is 1. The SMILES string of the molecule is CC(C)(CC(N)=O)NS(=O)(=O)c1cccs1. The molecule has 1 aromatic heterocycles. The van der Waals surface area contributed by atoms with Crippen LogP contribution < -0.4 is 10.5 Å². The van der Waals surface area contributed by atoms with Gasteiger partial charge in [-0.25, -0.2) is 13.1 Å². The van der Waals surface area contributed by atoms with Gasteiger partial charge in [-0.15, -0.1) is 11.3 Å². The Bertz CT molecular complexity index is 463. The predicted molar refractivity (Wildman–Crippen MR) is 62.5 cm³/mol. The zero-order valence-electron chi connectivity index (χ0n) is 9.06. The van der Waals surface area contributed by atoms with Crippen molar-refractivity contribution >= 4 is 27.3 Å². The van der Waals surface area contributed by atoms with E-state index in [1.165, 1.54) is 6.07 Å². The highest BCUT2D eigenvalue weighted by Crippen LogP contribution is 2.19. The van der Waals surface area contributed by atoms with Gasteiger partial charge in [-0.3, -0.25) is 4.79 Å². The molecule has 1 rings (SSSR count). The first-order chi connectivity index (χ1) is 7.23. The van der Waals surface area contributed by atoms with Gasteiger partial charge < -0.3 is 5.73 Å². The van der Waals surface area contributed by atoms with Crippen molar-refractivity contribution < 1.29 is 13.2 Å². The normalized spacial score (nSPS) is 12.6. The van der Waals surface area contributed by atoms with Crippen molar-refractivity contribution in [2.24, 2.45) is 5.73 Å². The van der Waals surface area contributed by atoms with Gasteiger partial charge in [-0.1, -0.05) is 6.07 Å². The van der Waals surface area contributed by atoms with Crippen molar-refractivity contribution in [3.8, 4) is 0 Å². The third-order valence-electron chi connectivity index (χ3n) is 1.79. The van der Waals surface area contributed by atoms with Crippen LogP contribution in [0.25, 0.3) is 0 Å². The van der Waals surface area contributed by atoms with Crippen LogP contribution in [0.4, 0.5) is 0 Å². The highest BCUT2D eigenvalue weighted by Gasteiger charge is 2.28. The van der Waals surface area contributed by atoms with Crippen molar-refractivity contribution in [2.45, 2.75) is 30.0 Å². The molecule has 1 amide bonds. The van der Waals surface area contributed by atoms with Crippen molar-refractivity contribution in [3.63, 3.8) is 0 Å². The lowest BCUT2D eigenvalue weighted by atomic mass is 10.0. The standard InChI is InChI=1S/C9H14N2O3S2/c1-9(2,6-7(10)12)11-16(13,14)8-4-3-5-15-8/h3-5,11H,6H2,1-2H3,(H2,10,12). The largest absolute Gasteiger partial charge is 0.370 e. The number of nitrogens with two attached hydrogens (primary N) is 1. The molecule has 0 aliphatic carbocycles. The molecule has 0 spiro atoms. The molecule has 0 atom stereocenters. The van der Waals surface area contributed by atoms with Crippen LogP contribution in [-0.4, -0.2) is 19.9 Å². The van der Waals surface area contributed by atoms with E-state index in [9.17, 15) is 13.2 Å². The molecule has 3 N–H and O–H groups in total. The molecule has 0 saturated carbocycles. The lowest BCUT2D eigenvalue weighted by Gasteiger charge is -2.23. The first-order valence-electron chi connectivity index (χ1n) is 4.59. The van der Waals surface area contributed by atoms with E-state index in [0.29, 0.717) is 0 Å². The van der Waals surface area contributed by atoms with Crippen molar-refractivity contribution in [3.05, 3.63) is 17.5 Å². The quantitative estimate of drug-likeness (QED) is 0.817. The molecule has 16 heavy (non-hydrogen) atoms. The average molecular weight is 262 g/mol. The van der Waals surface area contributed by atoms with Gasteiger partial charge in [0.05, 0.1) is 0 Å². The van der Waals surface area contributed by atoms with Crippen molar-refractivity contribution in [1.82, 2.24) is 4.72 Å². The summed E-state index contributed by atoms with van der Waals surface area (Å²) < 4.78 is 26.4. The smallest absolute Gasteiger partial charge is 0.250 e. The first-order valence-corrected chi connectivity index (χ1v) is 6.95. The molecule has 7 heteroatoms. The van der Waals surface area contributed by atoms with Crippen LogP contribution in [0.3, 0.4) is 0 Å². The molecule has 0 aromatic carbocycles. The van der Waals surface area contributed by atoms with Gasteiger partial charge in [0.25, 0.3) is 10.0 Å². The van der Waals surface area contributed by atoms with Gasteiger partial charge >= 0.3 is 0 Å². The predicted octanol–water partition coefficient (Wildman–Crippen LogP) is 0.680. The topological polar surface area (TPSA) is 89.3 Å². The third-order valence-corrected chi connectivity index (χ3v) is 4.88. The van der Waals surface area contributed by atoms with Crippen LogP contribution in [0.15, 0.2) is 21.7 Å². The lowest BCUT2D eigenvalue weighted by Crippen LogP contribution is -2.45. The molecule has 90 valence electrons. The van der Waals surface area contributed by atoms with E-state index < -0.39 is 21.5 Å². The average Bonchev–Trinajstić information content (AvgIpc) is 2.48. The second kappa shape index (κ2) is 4.52. The summed E-state index contributed by atoms with van der Waals surface area (Å²) in [5.41, 5.74) is 4.16. The van der Waals surface area contributed by atoms with E-state index in [1.54, 1.807) is 25.3 Å². The lowest BCUT2D eigenvalue weighted by molar-refractivity contribution is -0.119. The van der Waals surface area contributed by atoms with E-state index in [4.69, 9.17) is 5.73 Å². The minimum absolute atomic E-state index is 0.0440. The van der Waals surface area contributed by atoms with Crippen LogP contribution in [0, 0.1) is 0 Å². The fourth-order valence-corrected chi connectivity index (χ4v) is 3.71. The third kappa shape index (κ3) is 3.58.